The zero-order valence-electron chi connectivity index (χ0n) is 21.7. The fraction of sp³-hybridized carbons (Fsp3) is 0.417. The number of ether oxygens (including phenoxy) is 2. The van der Waals surface area contributed by atoms with E-state index in [1.54, 1.807) is 25.1 Å². The van der Waals surface area contributed by atoms with Crippen molar-refractivity contribution in [2.24, 2.45) is 0 Å². The van der Waals surface area contributed by atoms with Crippen LogP contribution in [0.1, 0.15) is 26.5 Å². The van der Waals surface area contributed by atoms with E-state index in [2.05, 4.69) is 15.2 Å². The summed E-state index contributed by atoms with van der Waals surface area (Å²) >= 11 is 0. The Morgan fingerprint density at radius 2 is 2.12 bits per heavy atom. The van der Waals surface area contributed by atoms with Crippen LogP contribution in [0, 0.1) is 17.1 Å². The first-order valence-corrected chi connectivity index (χ1v) is 13.6. The molecule has 1 saturated heterocycles. The number of halogens is 1. The van der Waals surface area contributed by atoms with E-state index in [1.807, 2.05) is 6.07 Å². The van der Waals surface area contributed by atoms with Gasteiger partial charge in [-0.1, -0.05) is 18.2 Å². The van der Waals surface area contributed by atoms with E-state index >= 15 is 0 Å². The zero-order valence-corrected chi connectivity index (χ0v) is 22.6. The Kier molecular flexibility index (Phi) is 8.13. The quantitative estimate of drug-likeness (QED) is 0.199. The second-order valence-electron chi connectivity index (χ2n) is 9.13. The highest BCUT2D eigenvalue weighted by atomic mass is 31.2. The molecule has 5 N–H and O–H groups in total. The number of aromatic nitrogens is 3. The van der Waals surface area contributed by atoms with Gasteiger partial charge in [0.25, 0.3) is 0 Å². The maximum Gasteiger partial charge on any atom is 0.459 e. The summed E-state index contributed by atoms with van der Waals surface area (Å²) in [6, 6.07) is 9.51. The summed E-state index contributed by atoms with van der Waals surface area (Å²) in [5.74, 6) is -1.72. The molecule has 1 aliphatic heterocycles. The molecule has 3 aromatic rings. The third-order valence-electron chi connectivity index (χ3n) is 6.39. The van der Waals surface area contributed by atoms with Gasteiger partial charge in [-0.2, -0.15) is 15.4 Å². The third-order valence-corrected chi connectivity index (χ3v) is 8.04. The minimum absolute atomic E-state index is 0.0779. The number of para-hydroxylation sites is 1. The zero-order chi connectivity index (χ0) is 29.3. The van der Waals surface area contributed by atoms with E-state index < -0.39 is 55.6 Å². The van der Waals surface area contributed by atoms with E-state index in [0.29, 0.717) is 0 Å². The van der Waals surface area contributed by atoms with Crippen molar-refractivity contribution < 1.29 is 42.5 Å². The van der Waals surface area contributed by atoms with Crippen LogP contribution in [0.2, 0.25) is 0 Å². The molecule has 14 nitrogen and oxygen atoms in total. The molecule has 0 radical (unpaired) electrons. The largest absolute Gasteiger partial charge is 0.465 e. The Bertz CT molecular complexity index is 1480. The number of nitriles is 1. The SMILES string of the molecule is CCOC(=O)[C@H](C)NP(=O)(OC[C@H]1O[C@@](C#N)(c2cc(F)c3c(N)ncnn23)[C@](C)(O)[C@@H]1O)Oc1ccccc1. The number of esters is 1. The first-order valence-electron chi connectivity index (χ1n) is 12.1. The van der Waals surface area contributed by atoms with Crippen LogP contribution in [0.5, 0.6) is 5.75 Å². The van der Waals surface area contributed by atoms with Crippen molar-refractivity contribution in [1.29, 1.82) is 5.26 Å². The molecule has 0 aliphatic carbocycles. The van der Waals surface area contributed by atoms with Crippen LogP contribution >= 0.6 is 7.75 Å². The molecule has 1 fully saturated rings. The van der Waals surface area contributed by atoms with E-state index in [1.165, 1.54) is 19.1 Å². The van der Waals surface area contributed by atoms with Crippen LogP contribution in [0.4, 0.5) is 10.2 Å². The van der Waals surface area contributed by atoms with Gasteiger partial charge >= 0.3 is 13.7 Å². The monoisotopic (exact) mass is 578 g/mol. The Balaban J connectivity index is 1.65. The lowest BCUT2D eigenvalue weighted by molar-refractivity contribution is -0.144. The summed E-state index contributed by atoms with van der Waals surface area (Å²) in [7, 11) is -4.37. The number of hydrogen-bond acceptors (Lipinski definition) is 12. The number of aliphatic hydroxyl groups is 2. The van der Waals surface area contributed by atoms with Gasteiger partial charge in [0.2, 0.25) is 5.60 Å². The second kappa shape index (κ2) is 11.1. The van der Waals surface area contributed by atoms with Crippen molar-refractivity contribution in [3.05, 3.63) is 54.2 Å². The summed E-state index contributed by atoms with van der Waals surface area (Å²) in [6.45, 7) is 3.48. The number of anilines is 1. The topological polar surface area (TPSA) is 204 Å². The van der Waals surface area contributed by atoms with E-state index in [4.69, 9.17) is 24.3 Å². The normalized spacial score (nSPS) is 26.6. The van der Waals surface area contributed by atoms with Gasteiger partial charge in [0.05, 0.1) is 18.9 Å². The highest BCUT2D eigenvalue weighted by Crippen LogP contribution is 2.50. The van der Waals surface area contributed by atoms with Crippen LogP contribution in [0.15, 0.2) is 42.7 Å². The predicted molar refractivity (Wildman–Crippen MR) is 136 cm³/mol. The molecule has 16 heteroatoms. The number of aliphatic hydroxyl groups excluding tert-OH is 1. The lowest BCUT2D eigenvalue weighted by atomic mass is 9.80. The van der Waals surface area contributed by atoms with Gasteiger partial charge < -0.3 is 29.9 Å². The number of carbonyl (C=O) groups excluding carboxylic acids is 1. The summed E-state index contributed by atoms with van der Waals surface area (Å²) in [5.41, 5.74) is 0.481. The standard InChI is InChI=1S/C24H28FN6O8P/c1-4-36-22(33)14(2)30-40(35,39-15-8-6-5-7-9-15)37-11-17-20(32)23(3,34)24(12-26,38-17)18-10-16(25)19-21(27)28-13-29-31(18)19/h5-10,13-14,17,20,32,34H,4,11H2,1-3H3,(H,30,35)(H2,27,28,29)/t14-,17+,20+,23+,24-,40?/m0/s1. The van der Waals surface area contributed by atoms with Crippen molar-refractivity contribution in [3.63, 3.8) is 0 Å². The van der Waals surface area contributed by atoms with E-state index in [9.17, 15) is 29.2 Å². The molecule has 2 aromatic heterocycles. The summed E-state index contributed by atoms with van der Waals surface area (Å²) in [4.78, 5) is 15.9. The fourth-order valence-corrected chi connectivity index (χ4v) is 5.84. The van der Waals surface area contributed by atoms with Gasteiger partial charge in [-0.25, -0.2) is 18.5 Å². The number of nitrogen functional groups attached to an aromatic ring is 1. The average Bonchev–Trinajstić information content (AvgIpc) is 3.35. The summed E-state index contributed by atoms with van der Waals surface area (Å²) in [5, 5.41) is 38.9. The number of rotatable bonds is 10. The fourth-order valence-electron chi connectivity index (χ4n) is 4.34. The molecule has 40 heavy (non-hydrogen) atoms. The first-order chi connectivity index (χ1) is 18.9. The van der Waals surface area contributed by atoms with Gasteiger partial charge in [0.15, 0.2) is 11.6 Å². The van der Waals surface area contributed by atoms with E-state index in [-0.39, 0.29) is 29.4 Å². The molecule has 0 saturated carbocycles. The van der Waals surface area contributed by atoms with Gasteiger partial charge in [0, 0.05) is 6.07 Å². The lowest BCUT2D eigenvalue weighted by Crippen LogP contribution is -2.52. The maximum absolute atomic E-state index is 14.8. The van der Waals surface area contributed by atoms with Crippen LogP contribution in [-0.2, 0) is 29.0 Å². The van der Waals surface area contributed by atoms with Crippen molar-refractivity contribution in [3.8, 4) is 11.8 Å². The Morgan fingerprint density at radius 3 is 2.77 bits per heavy atom. The minimum Gasteiger partial charge on any atom is -0.465 e. The molecule has 4 rings (SSSR count). The van der Waals surface area contributed by atoms with E-state index in [0.717, 1.165) is 23.8 Å². The number of nitrogens with zero attached hydrogens (tertiary/aromatic N) is 4. The number of benzene rings is 1. The maximum atomic E-state index is 14.8. The first kappa shape index (κ1) is 29.3. The number of fused-ring (bicyclic) bond motifs is 1. The molecular weight excluding hydrogens is 550 g/mol. The van der Waals surface area contributed by atoms with Crippen molar-refractivity contribution in [1.82, 2.24) is 19.7 Å². The number of carbonyl (C=O) groups is 1. The molecule has 0 spiro atoms. The Hall–Kier alpha value is -3.64. The van der Waals surface area contributed by atoms with Crippen molar-refractivity contribution >= 4 is 25.1 Å². The molecular formula is C24H28FN6O8P. The average molecular weight is 578 g/mol. The Morgan fingerprint density at radius 1 is 1.43 bits per heavy atom. The van der Waals surface area contributed by atoms with Crippen LogP contribution in [0.25, 0.3) is 5.52 Å². The molecule has 1 unspecified atom stereocenters. The molecule has 0 bridgehead atoms. The smallest absolute Gasteiger partial charge is 0.459 e. The van der Waals surface area contributed by atoms with Crippen molar-refractivity contribution in [2.45, 2.75) is 50.2 Å². The Labute approximate surface area is 228 Å². The summed E-state index contributed by atoms with van der Waals surface area (Å²) < 4.78 is 51.4. The lowest BCUT2D eigenvalue weighted by Gasteiger charge is -2.32. The van der Waals surface area contributed by atoms with Crippen LogP contribution in [0.3, 0.4) is 0 Å². The number of nitrogens with one attached hydrogen (secondary N) is 1. The highest BCUT2D eigenvalue weighted by molar-refractivity contribution is 7.52. The predicted octanol–water partition coefficient (Wildman–Crippen LogP) is 1.43. The van der Waals surface area contributed by atoms with Crippen molar-refractivity contribution in [2.75, 3.05) is 18.9 Å². The molecule has 0 amide bonds. The van der Waals surface area contributed by atoms with Crippen LogP contribution < -0.4 is 15.3 Å². The van der Waals surface area contributed by atoms with Gasteiger partial charge in [-0.15, -0.1) is 0 Å². The molecule has 1 aromatic carbocycles. The minimum atomic E-state index is -4.37. The summed E-state index contributed by atoms with van der Waals surface area (Å²) in [6.07, 6.45) is -2.28. The molecule has 1 aliphatic rings. The number of hydrogen-bond donors (Lipinski definition) is 4. The van der Waals surface area contributed by atoms with Gasteiger partial charge in [-0.05, 0) is 32.9 Å². The third kappa shape index (κ3) is 5.13. The van der Waals surface area contributed by atoms with Gasteiger partial charge in [-0.3, -0.25) is 9.32 Å². The number of nitrogens with two attached hydrogens (primary N) is 1. The molecule has 3 heterocycles. The highest BCUT2D eigenvalue weighted by Gasteiger charge is 2.66. The van der Waals surface area contributed by atoms with Gasteiger partial charge in [0.1, 0.15) is 47.5 Å². The molecule has 214 valence electrons. The molecule has 6 atom stereocenters. The second-order valence-corrected chi connectivity index (χ2v) is 10.8. The van der Waals surface area contributed by atoms with Crippen LogP contribution in [-0.4, -0.2) is 67.8 Å².